The van der Waals surface area contributed by atoms with E-state index in [2.05, 4.69) is 0 Å². The van der Waals surface area contributed by atoms with E-state index in [0.717, 1.165) is 12.3 Å². The summed E-state index contributed by atoms with van der Waals surface area (Å²) in [7, 11) is -4.28. The number of alkyl halides is 1. The molecule has 0 radical (unpaired) electrons. The number of aliphatic hydroxyl groups is 2. The number of nitrogens with zero attached hydrogens (tertiary/aromatic N) is 1. The molecule has 2 aliphatic heterocycles. The third kappa shape index (κ3) is 3.83. The lowest BCUT2D eigenvalue weighted by Gasteiger charge is -2.28. The summed E-state index contributed by atoms with van der Waals surface area (Å²) in [6, 6.07) is 5.40. The molecule has 1 aromatic heterocycles. The molecule has 30 heavy (non-hydrogen) atoms. The Kier molecular flexibility index (Phi) is 5.35. The van der Waals surface area contributed by atoms with Crippen molar-refractivity contribution in [1.29, 1.82) is 0 Å². The Morgan fingerprint density at radius 1 is 1.37 bits per heavy atom. The lowest BCUT2D eigenvalue weighted by atomic mass is 10.1. The Balaban J connectivity index is 1.50. The average Bonchev–Trinajstić information content (AvgIpc) is 2.92. The minimum Gasteiger partial charge on any atom is -0.404 e. The van der Waals surface area contributed by atoms with Crippen molar-refractivity contribution in [3.8, 4) is 5.75 Å². The van der Waals surface area contributed by atoms with E-state index in [9.17, 15) is 24.4 Å². The monoisotopic (exact) mass is 464 g/mol. The van der Waals surface area contributed by atoms with Gasteiger partial charge in [-0.3, -0.25) is 23.4 Å². The number of nitrogens with one attached hydrogen (secondary N) is 1. The molecule has 0 saturated carbocycles. The van der Waals surface area contributed by atoms with Crippen LogP contribution in [0.5, 0.6) is 5.75 Å². The number of aromatic amines is 1. The van der Waals surface area contributed by atoms with E-state index in [1.54, 1.807) is 0 Å². The highest BCUT2D eigenvalue weighted by Crippen LogP contribution is 2.55. The average molecular weight is 465 g/mol. The van der Waals surface area contributed by atoms with E-state index in [1.165, 1.54) is 18.2 Å². The molecule has 4 rings (SSSR count). The number of phosphoric ester groups is 1. The number of aliphatic hydroxyl groups excluding tert-OH is 2. The maximum atomic E-state index is 15.2. The van der Waals surface area contributed by atoms with E-state index >= 15 is 4.39 Å². The van der Waals surface area contributed by atoms with E-state index < -0.39 is 50.0 Å². The smallest absolute Gasteiger partial charge is 0.404 e. The number of hydrogen-bond acceptors (Lipinski definition) is 9. The molecule has 3 N–H and O–H groups in total. The summed E-state index contributed by atoms with van der Waals surface area (Å²) in [5.74, 6) is -2.91. The van der Waals surface area contributed by atoms with Gasteiger partial charge < -0.3 is 19.5 Å². The van der Waals surface area contributed by atoms with Gasteiger partial charge in [-0.1, -0.05) is 11.6 Å². The fourth-order valence-corrected chi connectivity index (χ4v) is 4.42. The number of ether oxygens (including phenoxy) is 1. The van der Waals surface area contributed by atoms with Crippen molar-refractivity contribution in [2.45, 2.75) is 30.9 Å². The predicted octanol–water partition coefficient (Wildman–Crippen LogP) is 0.840. The van der Waals surface area contributed by atoms with Gasteiger partial charge in [0.25, 0.3) is 11.4 Å². The van der Waals surface area contributed by atoms with Gasteiger partial charge in [-0.2, -0.15) is 0 Å². The molecule has 162 valence electrons. The maximum Gasteiger partial charge on any atom is 0.530 e. The molecule has 0 amide bonds. The molecule has 0 aliphatic carbocycles. The van der Waals surface area contributed by atoms with Crippen LogP contribution in [-0.4, -0.2) is 44.4 Å². The number of fused-ring (bicyclic) bond motifs is 1. The zero-order chi connectivity index (χ0) is 21.7. The van der Waals surface area contributed by atoms with Gasteiger partial charge in [-0.15, -0.1) is 0 Å². The summed E-state index contributed by atoms with van der Waals surface area (Å²) in [4.78, 5) is 25.0. The number of halogens is 2. The van der Waals surface area contributed by atoms with Crippen molar-refractivity contribution in [3.63, 3.8) is 0 Å². The number of phosphoric acid groups is 1. The van der Waals surface area contributed by atoms with Crippen LogP contribution in [0.3, 0.4) is 0 Å². The predicted molar refractivity (Wildman–Crippen MR) is 97.7 cm³/mol. The molecule has 0 bridgehead atoms. The highest BCUT2D eigenvalue weighted by molar-refractivity contribution is 7.49. The van der Waals surface area contributed by atoms with Crippen LogP contribution in [0, 0.1) is 0 Å². The highest BCUT2D eigenvalue weighted by atomic mass is 35.5. The third-order valence-electron chi connectivity index (χ3n) is 4.53. The zero-order valence-corrected chi connectivity index (χ0v) is 16.6. The third-order valence-corrected chi connectivity index (χ3v) is 6.08. The van der Waals surface area contributed by atoms with Crippen molar-refractivity contribution in [2.24, 2.45) is 0 Å². The van der Waals surface area contributed by atoms with E-state index in [-0.39, 0.29) is 12.4 Å². The lowest BCUT2D eigenvalue weighted by Crippen LogP contribution is -2.43. The number of hydrogen-bond donors (Lipinski definition) is 3. The summed E-state index contributed by atoms with van der Waals surface area (Å²) in [5, 5.41) is 20.6. The van der Waals surface area contributed by atoms with Crippen molar-refractivity contribution in [1.82, 2.24) is 9.55 Å². The zero-order valence-electron chi connectivity index (χ0n) is 14.9. The molecule has 2 aromatic rings. The van der Waals surface area contributed by atoms with Gasteiger partial charge in [0.1, 0.15) is 24.6 Å². The fourth-order valence-electron chi connectivity index (χ4n) is 3.00. The van der Waals surface area contributed by atoms with Gasteiger partial charge in [-0.05, 0) is 18.2 Å². The molecule has 5 atom stereocenters. The Labute approximate surface area is 172 Å². The topological polar surface area (TPSA) is 149 Å². The molecule has 1 fully saturated rings. The van der Waals surface area contributed by atoms with E-state index in [4.69, 9.17) is 29.9 Å². The first kappa shape index (κ1) is 21.2. The second-order valence-corrected chi connectivity index (χ2v) is 8.61. The van der Waals surface area contributed by atoms with Gasteiger partial charge in [0.2, 0.25) is 0 Å². The second-order valence-electron chi connectivity index (χ2n) is 6.58. The molecule has 1 aromatic carbocycles. The molecule has 11 nitrogen and oxygen atoms in total. The van der Waals surface area contributed by atoms with Crippen molar-refractivity contribution in [2.75, 3.05) is 6.61 Å². The minimum absolute atomic E-state index is 0.160. The normalized spacial score (nSPS) is 33.1. The van der Waals surface area contributed by atoms with Gasteiger partial charge in [-0.25, -0.2) is 13.8 Å². The van der Waals surface area contributed by atoms with Gasteiger partial charge in [0.05, 0.1) is 6.61 Å². The van der Waals surface area contributed by atoms with Gasteiger partial charge in [0, 0.05) is 22.8 Å². The van der Waals surface area contributed by atoms with Crippen LogP contribution in [0.2, 0.25) is 5.02 Å². The number of benzene rings is 1. The Hall–Kier alpha value is -2.05. The Bertz CT molecular complexity index is 1140. The molecule has 1 saturated heterocycles. The van der Waals surface area contributed by atoms with Crippen LogP contribution >= 0.6 is 19.4 Å². The summed E-state index contributed by atoms with van der Waals surface area (Å²) in [6.07, 6.45) is -4.80. The second kappa shape index (κ2) is 7.57. The number of rotatable bonds is 4. The van der Waals surface area contributed by atoms with Crippen LogP contribution in [0.15, 0.2) is 40.1 Å². The summed E-state index contributed by atoms with van der Waals surface area (Å²) in [5.41, 5.74) is -1.21. The van der Waals surface area contributed by atoms with Crippen LogP contribution in [0.25, 0.3) is 0 Å². The largest absolute Gasteiger partial charge is 0.530 e. The molecule has 14 heteroatoms. The number of H-pyrrole nitrogens is 1. The fraction of sp³-hybridized carbons (Fsp3) is 0.375. The first-order chi connectivity index (χ1) is 14.1. The quantitative estimate of drug-likeness (QED) is 0.559. The molecular weight excluding hydrogens is 450 g/mol. The summed E-state index contributed by atoms with van der Waals surface area (Å²) >= 11 is 5.85. The molecular formula is C16H15ClFN2O9P. The van der Waals surface area contributed by atoms with Crippen molar-refractivity contribution >= 4 is 19.4 Å². The molecule has 2 aliphatic rings. The molecule has 0 spiro atoms. The standard InChI is InChI=1S/C16H15ClFN2O9P/c17-9-1-2-10-8(5-9)6-26-30(25,29-10)27-7-16(18)13(23)12(22)14(28-16)20-4-3-11(21)19-15(20)24/h1-5,12-14,22-23H,6-7H2,(H,19,21,24)/t12-,13+,14-,16-,30?/m1/s1. The lowest BCUT2D eigenvalue weighted by molar-refractivity contribution is -0.205. The first-order valence-corrected chi connectivity index (χ1v) is 10.4. The van der Waals surface area contributed by atoms with Gasteiger partial charge in [0.15, 0.2) is 6.23 Å². The summed E-state index contributed by atoms with van der Waals surface area (Å²) in [6.45, 7) is -1.34. The van der Waals surface area contributed by atoms with Crippen LogP contribution in [-0.2, 0) is 25.0 Å². The Morgan fingerprint density at radius 2 is 2.13 bits per heavy atom. The Morgan fingerprint density at radius 3 is 2.87 bits per heavy atom. The van der Waals surface area contributed by atoms with Crippen molar-refractivity contribution in [3.05, 3.63) is 61.9 Å². The minimum atomic E-state index is -4.28. The van der Waals surface area contributed by atoms with Crippen LogP contribution in [0.1, 0.15) is 11.8 Å². The maximum absolute atomic E-state index is 15.2. The van der Waals surface area contributed by atoms with E-state index in [1.807, 2.05) is 4.98 Å². The molecule has 3 heterocycles. The summed E-state index contributed by atoms with van der Waals surface area (Å²) < 4.78 is 48.7. The SMILES string of the molecule is O=c1ccn([C@@H]2O[C@](F)(COP3(=O)OCc4cc(Cl)ccc4O3)[C@@H](O)[C@H]2O)c(=O)[nH]1. The first-order valence-electron chi connectivity index (χ1n) is 8.52. The van der Waals surface area contributed by atoms with Crippen LogP contribution in [0.4, 0.5) is 4.39 Å². The number of aromatic nitrogens is 2. The highest BCUT2D eigenvalue weighted by Gasteiger charge is 2.57. The van der Waals surface area contributed by atoms with Crippen molar-refractivity contribution < 1.29 is 37.5 Å². The molecule has 1 unspecified atom stereocenters. The van der Waals surface area contributed by atoms with Gasteiger partial charge >= 0.3 is 13.5 Å². The van der Waals surface area contributed by atoms with Crippen LogP contribution < -0.4 is 15.8 Å². The van der Waals surface area contributed by atoms with E-state index in [0.29, 0.717) is 15.2 Å².